The van der Waals surface area contributed by atoms with E-state index in [-0.39, 0.29) is 5.78 Å². The number of nitrogens with two attached hydrogens (primary N) is 1. The Balaban J connectivity index is 3.19. The van der Waals surface area contributed by atoms with E-state index in [0.29, 0.717) is 0 Å². The van der Waals surface area contributed by atoms with Crippen molar-refractivity contribution in [2.75, 3.05) is 7.11 Å². The minimum atomic E-state index is -0.534. The Hall–Kier alpha value is -1.35. The first-order valence-electron chi connectivity index (χ1n) is 4.88. The number of rotatable bonds is 3. The Labute approximate surface area is 90.2 Å². The maximum Gasteiger partial charge on any atom is 0.150 e. The van der Waals surface area contributed by atoms with Crippen LogP contribution < -0.4 is 10.5 Å². The van der Waals surface area contributed by atoms with Crippen molar-refractivity contribution >= 4 is 5.78 Å². The van der Waals surface area contributed by atoms with Crippen LogP contribution >= 0.6 is 0 Å². The summed E-state index contributed by atoms with van der Waals surface area (Å²) in [4.78, 5) is 11.2. The molecule has 1 rings (SSSR count). The smallest absolute Gasteiger partial charge is 0.150 e. The highest BCUT2D eigenvalue weighted by molar-refractivity contribution is 5.82. The molecule has 0 fully saturated rings. The van der Waals surface area contributed by atoms with Gasteiger partial charge in [0.1, 0.15) is 5.75 Å². The van der Waals surface area contributed by atoms with Crippen LogP contribution in [-0.2, 0) is 4.79 Å². The Morgan fingerprint density at radius 1 is 1.33 bits per heavy atom. The van der Waals surface area contributed by atoms with Crippen molar-refractivity contribution in [1.82, 2.24) is 0 Å². The van der Waals surface area contributed by atoms with Crippen molar-refractivity contribution in [2.45, 2.75) is 26.8 Å². The van der Waals surface area contributed by atoms with Crippen LogP contribution in [0.3, 0.4) is 0 Å². The summed E-state index contributed by atoms with van der Waals surface area (Å²) in [5.41, 5.74) is 8.63. The molecule has 3 nitrogen and oxygen atoms in total. The molecule has 0 spiro atoms. The van der Waals surface area contributed by atoms with Crippen LogP contribution in [0.2, 0.25) is 0 Å². The minimum absolute atomic E-state index is 0.0287. The summed E-state index contributed by atoms with van der Waals surface area (Å²) < 4.78 is 5.25. The highest BCUT2D eigenvalue weighted by Gasteiger charge is 2.14. The molecule has 1 atom stereocenters. The van der Waals surface area contributed by atoms with Crippen LogP contribution in [0, 0.1) is 13.8 Å². The normalized spacial score (nSPS) is 12.3. The number of hydrogen-bond acceptors (Lipinski definition) is 3. The van der Waals surface area contributed by atoms with E-state index in [1.54, 1.807) is 7.11 Å². The first kappa shape index (κ1) is 11.7. The third kappa shape index (κ3) is 2.36. The number of hydrogen-bond donors (Lipinski definition) is 1. The molecule has 1 aromatic rings. The third-order valence-electron chi connectivity index (χ3n) is 2.48. The van der Waals surface area contributed by atoms with Crippen LogP contribution in [-0.4, -0.2) is 12.9 Å². The second-order valence-corrected chi connectivity index (χ2v) is 3.78. The average Bonchev–Trinajstić information content (AvgIpc) is 2.15. The number of ether oxygens (including phenoxy) is 1. The fourth-order valence-electron chi connectivity index (χ4n) is 1.72. The first-order valence-corrected chi connectivity index (χ1v) is 4.88. The topological polar surface area (TPSA) is 52.3 Å². The van der Waals surface area contributed by atoms with Crippen LogP contribution in [0.1, 0.15) is 29.7 Å². The van der Waals surface area contributed by atoms with Crippen LogP contribution in [0.25, 0.3) is 0 Å². The van der Waals surface area contributed by atoms with Crippen molar-refractivity contribution in [1.29, 1.82) is 0 Å². The van der Waals surface area contributed by atoms with Gasteiger partial charge in [-0.05, 0) is 37.5 Å². The van der Waals surface area contributed by atoms with E-state index >= 15 is 0 Å². The molecule has 0 aliphatic carbocycles. The number of carbonyl (C=O) groups is 1. The van der Waals surface area contributed by atoms with E-state index in [1.807, 2.05) is 26.0 Å². The maximum absolute atomic E-state index is 11.2. The Morgan fingerprint density at radius 3 is 2.13 bits per heavy atom. The molecule has 0 saturated heterocycles. The van der Waals surface area contributed by atoms with Gasteiger partial charge in [-0.1, -0.05) is 12.1 Å². The lowest BCUT2D eigenvalue weighted by Gasteiger charge is -2.14. The molecule has 0 saturated carbocycles. The molecule has 0 aliphatic heterocycles. The summed E-state index contributed by atoms with van der Waals surface area (Å²) in [6.45, 7) is 5.39. The minimum Gasteiger partial charge on any atom is -0.496 e. The van der Waals surface area contributed by atoms with Gasteiger partial charge in [-0.15, -0.1) is 0 Å². The molecule has 82 valence electrons. The number of aryl methyl sites for hydroxylation is 2. The molecular weight excluding hydrogens is 190 g/mol. The summed E-state index contributed by atoms with van der Waals surface area (Å²) in [6.07, 6.45) is 0. The SMILES string of the molecule is COc1c(C)cc(C(N)C(C)=O)cc1C. The van der Waals surface area contributed by atoms with Crippen molar-refractivity contribution < 1.29 is 9.53 Å². The fraction of sp³-hybridized carbons (Fsp3) is 0.417. The van der Waals surface area contributed by atoms with E-state index in [4.69, 9.17) is 10.5 Å². The largest absolute Gasteiger partial charge is 0.496 e. The molecule has 15 heavy (non-hydrogen) atoms. The van der Waals surface area contributed by atoms with E-state index in [2.05, 4.69) is 0 Å². The molecule has 0 bridgehead atoms. The zero-order valence-electron chi connectivity index (χ0n) is 9.63. The number of methoxy groups -OCH3 is 1. The molecule has 3 heteroatoms. The van der Waals surface area contributed by atoms with Gasteiger partial charge in [0.15, 0.2) is 5.78 Å². The lowest BCUT2D eigenvalue weighted by molar-refractivity contribution is -0.118. The number of benzene rings is 1. The Bertz CT molecular complexity index is 362. The zero-order valence-corrected chi connectivity index (χ0v) is 9.63. The van der Waals surface area contributed by atoms with Gasteiger partial charge in [-0.3, -0.25) is 4.79 Å². The highest BCUT2D eigenvalue weighted by atomic mass is 16.5. The second-order valence-electron chi connectivity index (χ2n) is 3.78. The first-order chi connectivity index (χ1) is 6.97. The van der Waals surface area contributed by atoms with Crippen LogP contribution in [0.15, 0.2) is 12.1 Å². The Morgan fingerprint density at radius 2 is 1.80 bits per heavy atom. The van der Waals surface area contributed by atoms with E-state index in [1.165, 1.54) is 6.92 Å². The van der Waals surface area contributed by atoms with Crippen molar-refractivity contribution in [3.05, 3.63) is 28.8 Å². The standard InChI is InChI=1S/C12H17NO2/c1-7-5-10(11(13)9(3)14)6-8(2)12(7)15-4/h5-6,11H,13H2,1-4H3. The van der Waals surface area contributed by atoms with Gasteiger partial charge in [0.05, 0.1) is 13.2 Å². The van der Waals surface area contributed by atoms with Gasteiger partial charge in [-0.25, -0.2) is 0 Å². The molecule has 0 aromatic heterocycles. The second kappa shape index (κ2) is 4.45. The predicted octanol–water partition coefficient (Wildman–Crippen LogP) is 1.90. The van der Waals surface area contributed by atoms with Crippen molar-refractivity contribution in [3.8, 4) is 5.75 Å². The summed E-state index contributed by atoms with van der Waals surface area (Å²) in [6, 6.07) is 3.27. The average molecular weight is 207 g/mol. The summed E-state index contributed by atoms with van der Waals surface area (Å²) >= 11 is 0. The molecule has 2 N–H and O–H groups in total. The fourth-order valence-corrected chi connectivity index (χ4v) is 1.72. The monoisotopic (exact) mass is 207 g/mol. The number of ketones is 1. The lowest BCUT2D eigenvalue weighted by Crippen LogP contribution is -2.18. The molecule has 0 aliphatic rings. The Kier molecular flexibility index (Phi) is 3.48. The lowest BCUT2D eigenvalue weighted by atomic mass is 9.99. The van der Waals surface area contributed by atoms with Crippen molar-refractivity contribution in [3.63, 3.8) is 0 Å². The molecule has 0 amide bonds. The molecule has 0 heterocycles. The van der Waals surface area contributed by atoms with Crippen LogP contribution in [0.4, 0.5) is 0 Å². The van der Waals surface area contributed by atoms with E-state index < -0.39 is 6.04 Å². The summed E-state index contributed by atoms with van der Waals surface area (Å²) in [5, 5.41) is 0. The molecule has 1 aromatic carbocycles. The third-order valence-corrected chi connectivity index (χ3v) is 2.48. The number of carbonyl (C=O) groups excluding carboxylic acids is 1. The summed E-state index contributed by atoms with van der Waals surface area (Å²) in [7, 11) is 1.64. The van der Waals surface area contributed by atoms with E-state index in [0.717, 1.165) is 22.4 Å². The molecule has 0 radical (unpaired) electrons. The van der Waals surface area contributed by atoms with Gasteiger partial charge in [0.2, 0.25) is 0 Å². The predicted molar refractivity (Wildman–Crippen MR) is 60.1 cm³/mol. The van der Waals surface area contributed by atoms with Gasteiger partial charge in [0, 0.05) is 0 Å². The van der Waals surface area contributed by atoms with Gasteiger partial charge < -0.3 is 10.5 Å². The maximum atomic E-state index is 11.2. The van der Waals surface area contributed by atoms with Gasteiger partial charge in [-0.2, -0.15) is 0 Å². The van der Waals surface area contributed by atoms with Crippen molar-refractivity contribution in [2.24, 2.45) is 5.73 Å². The molecule has 1 unspecified atom stereocenters. The summed E-state index contributed by atoms with van der Waals surface area (Å²) in [5.74, 6) is 0.827. The zero-order chi connectivity index (χ0) is 11.6. The van der Waals surface area contributed by atoms with E-state index in [9.17, 15) is 4.79 Å². The molecular formula is C12H17NO2. The van der Waals surface area contributed by atoms with Gasteiger partial charge >= 0.3 is 0 Å². The quantitative estimate of drug-likeness (QED) is 0.823. The van der Waals surface area contributed by atoms with Crippen LogP contribution in [0.5, 0.6) is 5.75 Å². The number of Topliss-reactive ketones (excluding diaryl/α,β-unsaturated/α-hetero) is 1. The van der Waals surface area contributed by atoms with Gasteiger partial charge in [0.25, 0.3) is 0 Å². The highest BCUT2D eigenvalue weighted by Crippen LogP contribution is 2.26.